The molecule has 1 saturated heterocycles. The van der Waals surface area contributed by atoms with Crippen LogP contribution < -0.4 is 0 Å². The summed E-state index contributed by atoms with van der Waals surface area (Å²) in [6, 6.07) is -0.127. The smallest absolute Gasteiger partial charge is 0.210 e. The van der Waals surface area contributed by atoms with Crippen LogP contribution in [0.4, 0.5) is 0 Å². The van der Waals surface area contributed by atoms with Crippen molar-refractivity contribution < 1.29 is 9.59 Å². The van der Waals surface area contributed by atoms with Gasteiger partial charge in [0.25, 0.3) is 0 Å². The quantitative estimate of drug-likeness (QED) is 0.515. The minimum atomic E-state index is -0.127. The highest BCUT2D eigenvalue weighted by molar-refractivity contribution is 5.83. The van der Waals surface area contributed by atoms with Crippen LogP contribution >= 0.6 is 0 Å². The number of ketones is 1. The summed E-state index contributed by atoms with van der Waals surface area (Å²) in [5, 5.41) is 0. The molecule has 56 valence electrons. The van der Waals surface area contributed by atoms with E-state index in [2.05, 4.69) is 0 Å². The second-order valence-electron chi connectivity index (χ2n) is 2.61. The molecule has 0 bridgehead atoms. The van der Waals surface area contributed by atoms with E-state index in [1.165, 1.54) is 6.92 Å². The van der Waals surface area contributed by atoms with Gasteiger partial charge < -0.3 is 4.90 Å². The van der Waals surface area contributed by atoms with Crippen molar-refractivity contribution in [1.29, 1.82) is 0 Å². The molecule has 1 fully saturated rings. The first-order valence-electron chi connectivity index (χ1n) is 3.47. The van der Waals surface area contributed by atoms with Gasteiger partial charge in [-0.1, -0.05) is 0 Å². The minimum absolute atomic E-state index is 0.101. The summed E-state index contributed by atoms with van der Waals surface area (Å²) in [7, 11) is 0. The highest BCUT2D eigenvalue weighted by Gasteiger charge is 2.26. The van der Waals surface area contributed by atoms with Gasteiger partial charge in [-0.25, -0.2) is 0 Å². The molecule has 10 heavy (non-hydrogen) atoms. The zero-order valence-corrected chi connectivity index (χ0v) is 6.04. The van der Waals surface area contributed by atoms with Gasteiger partial charge in [0.15, 0.2) is 5.78 Å². The highest BCUT2D eigenvalue weighted by atomic mass is 16.1. The topological polar surface area (TPSA) is 37.4 Å². The Morgan fingerprint density at radius 3 is 2.80 bits per heavy atom. The molecule has 0 radical (unpaired) electrons. The molecule has 1 aliphatic heterocycles. The SMILES string of the molecule is CC(=O)C1CCCN1C=O. The van der Waals surface area contributed by atoms with E-state index in [0.29, 0.717) is 0 Å². The van der Waals surface area contributed by atoms with Crippen LogP contribution in [-0.2, 0) is 9.59 Å². The second kappa shape index (κ2) is 2.82. The summed E-state index contributed by atoms with van der Waals surface area (Å²) in [5.74, 6) is 0.101. The number of hydrogen-bond acceptors (Lipinski definition) is 2. The molecule has 1 heterocycles. The van der Waals surface area contributed by atoms with E-state index in [4.69, 9.17) is 0 Å². The lowest BCUT2D eigenvalue weighted by atomic mass is 10.1. The maximum absolute atomic E-state index is 10.8. The lowest BCUT2D eigenvalue weighted by molar-refractivity contribution is -0.128. The normalized spacial score (nSPS) is 24.9. The third kappa shape index (κ3) is 1.17. The third-order valence-corrected chi connectivity index (χ3v) is 1.90. The minimum Gasteiger partial charge on any atom is -0.335 e. The summed E-state index contributed by atoms with van der Waals surface area (Å²) < 4.78 is 0. The predicted octanol–water partition coefficient (Wildman–Crippen LogP) is 0.196. The molecule has 1 amide bonds. The first kappa shape index (κ1) is 7.25. The Balaban J connectivity index is 2.58. The lowest BCUT2D eigenvalue weighted by Gasteiger charge is -2.15. The number of nitrogens with zero attached hydrogens (tertiary/aromatic N) is 1. The Hall–Kier alpha value is -0.860. The van der Waals surface area contributed by atoms with E-state index in [1.807, 2.05) is 0 Å². The van der Waals surface area contributed by atoms with Crippen molar-refractivity contribution in [3.63, 3.8) is 0 Å². The van der Waals surface area contributed by atoms with Crippen molar-refractivity contribution in [2.24, 2.45) is 0 Å². The van der Waals surface area contributed by atoms with Crippen LogP contribution in [-0.4, -0.2) is 29.7 Å². The van der Waals surface area contributed by atoms with E-state index in [1.54, 1.807) is 4.90 Å². The van der Waals surface area contributed by atoms with Crippen molar-refractivity contribution in [2.45, 2.75) is 25.8 Å². The van der Waals surface area contributed by atoms with Crippen molar-refractivity contribution in [2.75, 3.05) is 6.54 Å². The molecule has 0 saturated carbocycles. The summed E-state index contributed by atoms with van der Waals surface area (Å²) in [6.07, 6.45) is 2.57. The Morgan fingerprint density at radius 1 is 1.70 bits per heavy atom. The largest absolute Gasteiger partial charge is 0.335 e. The first-order chi connectivity index (χ1) is 4.75. The van der Waals surface area contributed by atoms with Crippen LogP contribution in [0.15, 0.2) is 0 Å². The summed E-state index contributed by atoms with van der Waals surface area (Å²) in [5.41, 5.74) is 0. The fraction of sp³-hybridized carbons (Fsp3) is 0.714. The molecule has 1 aliphatic rings. The van der Waals surface area contributed by atoms with Gasteiger partial charge in [0.2, 0.25) is 6.41 Å². The van der Waals surface area contributed by atoms with Crippen molar-refractivity contribution in [1.82, 2.24) is 4.90 Å². The van der Waals surface area contributed by atoms with Gasteiger partial charge in [-0.15, -0.1) is 0 Å². The molecule has 0 N–H and O–H groups in total. The van der Waals surface area contributed by atoms with Gasteiger partial charge in [-0.3, -0.25) is 9.59 Å². The Labute approximate surface area is 60.0 Å². The van der Waals surface area contributed by atoms with E-state index in [-0.39, 0.29) is 11.8 Å². The van der Waals surface area contributed by atoms with Gasteiger partial charge >= 0.3 is 0 Å². The molecule has 1 atom stereocenters. The molecule has 0 spiro atoms. The van der Waals surface area contributed by atoms with Gasteiger partial charge in [-0.05, 0) is 19.8 Å². The van der Waals surface area contributed by atoms with Gasteiger partial charge in [0.05, 0.1) is 6.04 Å². The second-order valence-corrected chi connectivity index (χ2v) is 2.61. The fourth-order valence-corrected chi connectivity index (χ4v) is 1.35. The first-order valence-corrected chi connectivity index (χ1v) is 3.47. The molecule has 3 nitrogen and oxygen atoms in total. The van der Waals surface area contributed by atoms with E-state index in [9.17, 15) is 9.59 Å². The number of Topliss-reactive ketones (excluding diaryl/α,β-unsaturated/α-hetero) is 1. The number of amides is 1. The molecule has 0 aromatic carbocycles. The molecule has 0 aromatic rings. The van der Waals surface area contributed by atoms with Crippen LogP contribution in [0.2, 0.25) is 0 Å². The third-order valence-electron chi connectivity index (χ3n) is 1.90. The standard InChI is InChI=1S/C7H11NO2/c1-6(10)7-3-2-4-8(7)5-9/h5,7H,2-4H2,1H3. The zero-order chi connectivity index (χ0) is 7.56. The van der Waals surface area contributed by atoms with E-state index >= 15 is 0 Å². The van der Waals surface area contributed by atoms with Crippen LogP contribution in [0.25, 0.3) is 0 Å². The monoisotopic (exact) mass is 141 g/mol. The molecule has 1 unspecified atom stereocenters. The molecule has 0 aliphatic carbocycles. The predicted molar refractivity (Wildman–Crippen MR) is 36.5 cm³/mol. The van der Waals surface area contributed by atoms with Crippen molar-refractivity contribution in [3.05, 3.63) is 0 Å². The molecular weight excluding hydrogens is 130 g/mol. The summed E-state index contributed by atoms with van der Waals surface area (Å²) in [4.78, 5) is 22.7. The van der Waals surface area contributed by atoms with Crippen LogP contribution in [0.1, 0.15) is 19.8 Å². The van der Waals surface area contributed by atoms with Gasteiger partial charge in [0, 0.05) is 6.54 Å². The average Bonchev–Trinajstić information content (AvgIpc) is 2.33. The van der Waals surface area contributed by atoms with Gasteiger partial charge in [0.1, 0.15) is 0 Å². The molecule has 0 aromatic heterocycles. The summed E-state index contributed by atoms with van der Waals surface area (Å²) in [6.45, 7) is 2.28. The maximum Gasteiger partial charge on any atom is 0.210 e. The Kier molecular flexibility index (Phi) is 2.04. The summed E-state index contributed by atoms with van der Waals surface area (Å²) >= 11 is 0. The van der Waals surface area contributed by atoms with Gasteiger partial charge in [-0.2, -0.15) is 0 Å². The lowest BCUT2D eigenvalue weighted by Crippen LogP contribution is -2.33. The highest BCUT2D eigenvalue weighted by Crippen LogP contribution is 2.15. The van der Waals surface area contributed by atoms with Crippen LogP contribution in [0, 0.1) is 0 Å². The number of carbonyl (C=O) groups excluding carboxylic acids is 2. The van der Waals surface area contributed by atoms with Crippen LogP contribution in [0.3, 0.4) is 0 Å². The zero-order valence-electron chi connectivity index (χ0n) is 6.04. The molecular formula is C7H11NO2. The number of likely N-dealkylation sites (tertiary alicyclic amines) is 1. The van der Waals surface area contributed by atoms with E-state index < -0.39 is 0 Å². The van der Waals surface area contributed by atoms with Crippen molar-refractivity contribution in [3.8, 4) is 0 Å². The fourth-order valence-electron chi connectivity index (χ4n) is 1.35. The Morgan fingerprint density at radius 2 is 2.40 bits per heavy atom. The number of rotatable bonds is 2. The van der Waals surface area contributed by atoms with Crippen LogP contribution in [0.5, 0.6) is 0 Å². The molecule has 3 heteroatoms. The van der Waals surface area contributed by atoms with E-state index in [0.717, 1.165) is 25.8 Å². The number of hydrogen-bond donors (Lipinski definition) is 0. The Bertz CT molecular complexity index is 156. The molecule has 1 rings (SSSR count). The van der Waals surface area contributed by atoms with Crippen molar-refractivity contribution >= 4 is 12.2 Å². The number of carbonyl (C=O) groups is 2. The average molecular weight is 141 g/mol. The maximum atomic E-state index is 10.8.